The van der Waals surface area contributed by atoms with Crippen molar-refractivity contribution in [3.63, 3.8) is 0 Å². The molecule has 1 N–H and O–H groups in total. The van der Waals surface area contributed by atoms with Crippen LogP contribution in [0, 0.1) is 0 Å². The normalized spacial score (nSPS) is 23.2. The third-order valence-corrected chi connectivity index (χ3v) is 6.04. The number of phenolic OH excluding ortho intramolecular Hbond substituents is 1. The van der Waals surface area contributed by atoms with E-state index >= 15 is 0 Å². The van der Waals surface area contributed by atoms with E-state index in [1.807, 2.05) is 0 Å². The molecule has 3 heterocycles. The molecule has 0 aliphatic carbocycles. The average molecular weight is 406 g/mol. The lowest BCUT2D eigenvalue weighted by molar-refractivity contribution is 0.0331. The molecule has 1 aromatic rings. The van der Waals surface area contributed by atoms with E-state index in [0.717, 1.165) is 116 Å². The average Bonchev–Trinajstić information content (AvgIpc) is 3.02. The molecule has 0 unspecified atom stereocenters. The molecule has 0 atom stereocenters. The molecule has 0 bridgehead atoms. The fourth-order valence-corrected chi connectivity index (χ4v) is 4.38. The van der Waals surface area contributed by atoms with Crippen molar-refractivity contribution in [1.82, 2.24) is 14.7 Å². The van der Waals surface area contributed by atoms with Crippen LogP contribution in [-0.4, -0.2) is 98.7 Å². The van der Waals surface area contributed by atoms with Crippen molar-refractivity contribution in [2.45, 2.75) is 26.1 Å². The highest BCUT2D eigenvalue weighted by Gasteiger charge is 2.19. The lowest BCUT2D eigenvalue weighted by Gasteiger charge is -2.29. The number of aromatic hydroxyl groups is 1. The molecule has 0 radical (unpaired) electrons. The number of ether oxygens (including phenoxy) is 3. The summed E-state index contributed by atoms with van der Waals surface area (Å²) in [5, 5.41) is 11.1. The number of nitrogens with zero attached hydrogens (tertiary/aromatic N) is 3. The standard InChI is InChI=1S/C22H35N3O4/c26-22-20(17-23-2-1-8-27-9-3-23)14-19(16-24-4-10-28-11-5-24)15-21(22)18-25-6-12-29-13-7-25/h14-15,26H,1-13,16-18H2. The van der Waals surface area contributed by atoms with Gasteiger partial charge < -0.3 is 19.3 Å². The lowest BCUT2D eigenvalue weighted by atomic mass is 10.0. The van der Waals surface area contributed by atoms with Gasteiger partial charge >= 0.3 is 0 Å². The Morgan fingerprint density at radius 2 is 1.07 bits per heavy atom. The van der Waals surface area contributed by atoms with E-state index < -0.39 is 0 Å². The van der Waals surface area contributed by atoms with Gasteiger partial charge in [0, 0.05) is 76.6 Å². The van der Waals surface area contributed by atoms with Gasteiger partial charge in [-0.15, -0.1) is 0 Å². The first-order valence-electron chi connectivity index (χ1n) is 11.0. The molecule has 3 fully saturated rings. The molecule has 3 aliphatic rings. The van der Waals surface area contributed by atoms with Crippen molar-refractivity contribution in [3.8, 4) is 5.75 Å². The van der Waals surface area contributed by atoms with Crippen LogP contribution in [0.3, 0.4) is 0 Å². The van der Waals surface area contributed by atoms with Crippen LogP contribution in [0.1, 0.15) is 23.1 Å². The molecule has 29 heavy (non-hydrogen) atoms. The summed E-state index contributed by atoms with van der Waals surface area (Å²) in [6.45, 7) is 13.0. The molecule has 7 heteroatoms. The van der Waals surface area contributed by atoms with Gasteiger partial charge in [0.1, 0.15) is 5.75 Å². The second kappa shape index (κ2) is 10.7. The quantitative estimate of drug-likeness (QED) is 0.765. The van der Waals surface area contributed by atoms with Gasteiger partial charge in [-0.05, 0) is 24.1 Å². The maximum absolute atomic E-state index is 11.1. The van der Waals surface area contributed by atoms with E-state index in [-0.39, 0.29) is 0 Å². The van der Waals surface area contributed by atoms with Gasteiger partial charge in [0.05, 0.1) is 33.0 Å². The zero-order chi connectivity index (χ0) is 19.9. The van der Waals surface area contributed by atoms with Gasteiger partial charge in [0.25, 0.3) is 0 Å². The molecule has 7 nitrogen and oxygen atoms in total. The summed E-state index contributed by atoms with van der Waals surface area (Å²) >= 11 is 0. The van der Waals surface area contributed by atoms with Gasteiger partial charge in [0.15, 0.2) is 0 Å². The predicted molar refractivity (Wildman–Crippen MR) is 111 cm³/mol. The second-order valence-electron chi connectivity index (χ2n) is 8.28. The van der Waals surface area contributed by atoms with Crippen molar-refractivity contribution in [2.75, 3.05) is 78.9 Å². The van der Waals surface area contributed by atoms with E-state index in [2.05, 4.69) is 26.8 Å². The molecule has 0 saturated carbocycles. The molecular formula is C22H35N3O4. The Morgan fingerprint density at radius 1 is 0.621 bits per heavy atom. The molecule has 162 valence electrons. The smallest absolute Gasteiger partial charge is 0.124 e. The number of hydrogen-bond donors (Lipinski definition) is 1. The number of hydrogen-bond acceptors (Lipinski definition) is 7. The van der Waals surface area contributed by atoms with E-state index in [9.17, 15) is 5.11 Å². The third kappa shape index (κ3) is 6.13. The summed E-state index contributed by atoms with van der Waals surface area (Å²) in [6, 6.07) is 4.41. The van der Waals surface area contributed by atoms with Crippen molar-refractivity contribution in [1.29, 1.82) is 0 Å². The van der Waals surface area contributed by atoms with Crippen molar-refractivity contribution in [2.24, 2.45) is 0 Å². The first-order valence-corrected chi connectivity index (χ1v) is 11.0. The first kappa shape index (κ1) is 21.0. The lowest BCUT2D eigenvalue weighted by Crippen LogP contribution is -2.36. The van der Waals surface area contributed by atoms with Crippen LogP contribution in [0.2, 0.25) is 0 Å². The predicted octanol–water partition coefficient (Wildman–Crippen LogP) is 1.28. The van der Waals surface area contributed by atoms with Crippen LogP contribution in [0.25, 0.3) is 0 Å². The molecule has 3 aliphatic heterocycles. The monoisotopic (exact) mass is 405 g/mol. The second-order valence-corrected chi connectivity index (χ2v) is 8.28. The van der Waals surface area contributed by atoms with E-state index in [4.69, 9.17) is 14.2 Å². The Kier molecular flexibility index (Phi) is 7.76. The highest BCUT2D eigenvalue weighted by molar-refractivity contribution is 5.44. The van der Waals surface area contributed by atoms with Crippen molar-refractivity contribution >= 4 is 0 Å². The van der Waals surface area contributed by atoms with Crippen LogP contribution in [-0.2, 0) is 33.8 Å². The highest BCUT2D eigenvalue weighted by Crippen LogP contribution is 2.29. The zero-order valence-corrected chi connectivity index (χ0v) is 17.5. The van der Waals surface area contributed by atoms with Crippen molar-refractivity contribution in [3.05, 3.63) is 28.8 Å². The fourth-order valence-electron chi connectivity index (χ4n) is 4.38. The third-order valence-electron chi connectivity index (χ3n) is 6.04. The van der Waals surface area contributed by atoms with Gasteiger partial charge in [-0.3, -0.25) is 14.7 Å². The van der Waals surface area contributed by atoms with E-state index in [1.165, 1.54) is 5.56 Å². The Hall–Kier alpha value is -1.22. The first-order chi connectivity index (χ1) is 14.3. The Bertz CT molecular complexity index is 637. The van der Waals surface area contributed by atoms with Crippen LogP contribution in [0.15, 0.2) is 12.1 Å². The fraction of sp³-hybridized carbons (Fsp3) is 0.727. The van der Waals surface area contributed by atoms with E-state index in [1.54, 1.807) is 0 Å². The van der Waals surface area contributed by atoms with E-state index in [0.29, 0.717) is 5.75 Å². The number of benzene rings is 1. The number of rotatable bonds is 6. The maximum atomic E-state index is 11.1. The molecule has 4 rings (SSSR count). The summed E-state index contributed by atoms with van der Waals surface area (Å²) in [5.41, 5.74) is 3.37. The van der Waals surface area contributed by atoms with Crippen LogP contribution < -0.4 is 0 Å². The molecule has 0 spiro atoms. The topological polar surface area (TPSA) is 57.6 Å². The number of morpholine rings is 2. The molecular weight excluding hydrogens is 370 g/mol. The Morgan fingerprint density at radius 3 is 1.62 bits per heavy atom. The zero-order valence-electron chi connectivity index (χ0n) is 17.5. The summed E-state index contributed by atoms with van der Waals surface area (Å²) in [4.78, 5) is 7.22. The Labute approximate surface area is 174 Å². The van der Waals surface area contributed by atoms with Crippen LogP contribution in [0.4, 0.5) is 0 Å². The van der Waals surface area contributed by atoms with Gasteiger partial charge in [-0.25, -0.2) is 0 Å². The van der Waals surface area contributed by atoms with Crippen LogP contribution >= 0.6 is 0 Å². The maximum Gasteiger partial charge on any atom is 0.124 e. The minimum absolute atomic E-state index is 0.465. The Balaban J connectivity index is 1.53. The summed E-state index contributed by atoms with van der Waals surface area (Å²) in [5.74, 6) is 0.465. The molecule has 0 amide bonds. The summed E-state index contributed by atoms with van der Waals surface area (Å²) in [6.07, 6.45) is 1.05. The summed E-state index contributed by atoms with van der Waals surface area (Å²) < 4.78 is 16.6. The van der Waals surface area contributed by atoms with Gasteiger partial charge in [-0.1, -0.05) is 0 Å². The molecule has 0 aromatic heterocycles. The minimum atomic E-state index is 0.465. The van der Waals surface area contributed by atoms with Crippen LogP contribution in [0.5, 0.6) is 5.75 Å². The SMILES string of the molecule is Oc1c(CN2CCCOCC2)cc(CN2CCOCC2)cc1CN1CCOCC1. The summed E-state index contributed by atoms with van der Waals surface area (Å²) in [7, 11) is 0. The van der Waals surface area contributed by atoms with Gasteiger partial charge in [-0.2, -0.15) is 0 Å². The van der Waals surface area contributed by atoms with Crippen molar-refractivity contribution < 1.29 is 19.3 Å². The minimum Gasteiger partial charge on any atom is -0.507 e. The van der Waals surface area contributed by atoms with Gasteiger partial charge in [0.2, 0.25) is 0 Å². The largest absolute Gasteiger partial charge is 0.507 e. The molecule has 3 saturated heterocycles. The highest BCUT2D eigenvalue weighted by atomic mass is 16.5. The molecule has 1 aromatic carbocycles. The number of phenols is 1.